The highest BCUT2D eigenvalue weighted by Gasteiger charge is 2.45. The molecule has 2 aromatic rings. The molecule has 1 fully saturated rings. The van der Waals surface area contributed by atoms with E-state index in [1.807, 2.05) is 0 Å². The van der Waals surface area contributed by atoms with E-state index in [0.717, 1.165) is 87.0 Å². The van der Waals surface area contributed by atoms with E-state index in [1.54, 1.807) is 0 Å². The molecule has 0 bridgehead atoms. The summed E-state index contributed by atoms with van der Waals surface area (Å²) in [5.74, 6) is 0. The summed E-state index contributed by atoms with van der Waals surface area (Å²) >= 11 is 0. The second kappa shape index (κ2) is 9.85. The number of hydrogen-bond donors (Lipinski definition) is 0. The van der Waals surface area contributed by atoms with Crippen molar-refractivity contribution in [2.75, 3.05) is 13.2 Å². The van der Waals surface area contributed by atoms with Gasteiger partial charge in [-0.1, -0.05) is 22.4 Å². The van der Waals surface area contributed by atoms with Crippen molar-refractivity contribution in [1.29, 1.82) is 0 Å². The first-order chi connectivity index (χ1) is 18.3. The lowest BCUT2D eigenvalue weighted by molar-refractivity contribution is 0.0316. The number of aryl methyl sites for hydroxylation is 6. The van der Waals surface area contributed by atoms with E-state index in [0.29, 0.717) is 13.2 Å². The average Bonchev–Trinajstić information content (AvgIpc) is 3.71. The van der Waals surface area contributed by atoms with Gasteiger partial charge in [0, 0.05) is 16.8 Å². The fourth-order valence-corrected chi connectivity index (χ4v) is 6.55. The number of nitrogens with zero attached hydrogens (tertiary/aromatic N) is 4. The minimum absolute atomic E-state index is 0.0374. The van der Waals surface area contributed by atoms with E-state index in [9.17, 15) is 0 Å². The second-order valence-corrected chi connectivity index (χ2v) is 11.9. The summed E-state index contributed by atoms with van der Waals surface area (Å²) in [5.41, 5.74) is 12.5. The van der Waals surface area contributed by atoms with E-state index in [-0.39, 0.29) is 5.41 Å². The van der Waals surface area contributed by atoms with Crippen LogP contribution in [0.5, 0.6) is 0 Å². The molecule has 37 heavy (non-hydrogen) atoms. The molecule has 0 aliphatic heterocycles. The molecule has 7 rings (SSSR count). The van der Waals surface area contributed by atoms with E-state index in [2.05, 4.69) is 22.4 Å². The first kappa shape index (κ1) is 23.4. The van der Waals surface area contributed by atoms with Crippen molar-refractivity contribution in [3.63, 3.8) is 0 Å². The van der Waals surface area contributed by atoms with Crippen molar-refractivity contribution in [2.45, 2.75) is 103 Å². The van der Waals surface area contributed by atoms with Gasteiger partial charge in [0.1, 0.15) is 24.6 Å². The van der Waals surface area contributed by atoms with Crippen LogP contribution < -0.4 is 0 Å². The predicted molar refractivity (Wildman–Crippen MR) is 144 cm³/mol. The molecule has 194 valence electrons. The van der Waals surface area contributed by atoms with Crippen LogP contribution in [0, 0.1) is 5.41 Å². The number of hydrogen-bond acceptors (Lipinski definition) is 6. The molecule has 5 aliphatic rings. The molecular formula is C31H38N4O2. The number of fused-ring (bicyclic) bond motifs is 4. The van der Waals surface area contributed by atoms with Gasteiger partial charge in [0.25, 0.3) is 0 Å². The van der Waals surface area contributed by atoms with Crippen LogP contribution in [-0.4, -0.2) is 34.6 Å². The lowest BCUT2D eigenvalue weighted by atomic mass is 9.88. The van der Waals surface area contributed by atoms with Crippen LogP contribution in [0.4, 0.5) is 0 Å². The Balaban J connectivity index is 0.996. The highest BCUT2D eigenvalue weighted by atomic mass is 16.6. The fraction of sp³-hybridized carbons (Fsp3) is 0.613. The molecule has 0 spiro atoms. The van der Waals surface area contributed by atoms with E-state index < -0.39 is 0 Å². The van der Waals surface area contributed by atoms with Gasteiger partial charge >= 0.3 is 0 Å². The third-order valence-corrected chi connectivity index (χ3v) is 9.07. The minimum atomic E-state index is 0.0374. The predicted octanol–water partition coefficient (Wildman–Crippen LogP) is 5.83. The standard InChI is InChI=1S/C31H38N4O2/c1-3-11-25-21(7-1)17-23-9-5-13-27(29(23)32-25)34-36-19-31(15-16-31)20-37-35-28-14-6-10-24-18-22-8-2-4-12-26(22)33-30(24)28/h17-18H,1-16,19-20H2/b34-27+,35-28+. The zero-order valence-electron chi connectivity index (χ0n) is 22.0. The zero-order chi connectivity index (χ0) is 24.7. The van der Waals surface area contributed by atoms with Crippen molar-refractivity contribution in [3.8, 4) is 0 Å². The Morgan fingerprint density at radius 2 is 1.03 bits per heavy atom. The molecule has 0 radical (unpaired) electrons. The Hall–Kier alpha value is -2.76. The van der Waals surface area contributed by atoms with Gasteiger partial charge in [-0.3, -0.25) is 9.97 Å². The number of aromatic nitrogens is 2. The lowest BCUT2D eigenvalue weighted by Gasteiger charge is -2.23. The molecule has 0 atom stereocenters. The summed E-state index contributed by atoms with van der Waals surface area (Å²) in [6, 6.07) is 4.80. The topological polar surface area (TPSA) is 69.0 Å². The van der Waals surface area contributed by atoms with E-state index >= 15 is 0 Å². The molecule has 5 aliphatic carbocycles. The maximum Gasteiger partial charge on any atom is 0.126 e. The van der Waals surface area contributed by atoms with E-state index in [4.69, 9.17) is 19.6 Å². The third kappa shape index (κ3) is 4.80. The summed E-state index contributed by atoms with van der Waals surface area (Å²) in [6.07, 6.45) is 18.2. The molecule has 6 nitrogen and oxygen atoms in total. The van der Waals surface area contributed by atoms with Crippen LogP contribution in [0.1, 0.15) is 109 Å². The van der Waals surface area contributed by atoms with Gasteiger partial charge in [-0.05, 0) is 125 Å². The molecular weight excluding hydrogens is 460 g/mol. The fourth-order valence-electron chi connectivity index (χ4n) is 6.55. The Kier molecular flexibility index (Phi) is 6.22. The molecule has 2 aromatic heterocycles. The maximum absolute atomic E-state index is 5.97. The highest BCUT2D eigenvalue weighted by Crippen LogP contribution is 2.46. The average molecular weight is 499 g/mol. The van der Waals surface area contributed by atoms with Gasteiger partial charge in [-0.2, -0.15) is 0 Å². The summed E-state index contributed by atoms with van der Waals surface area (Å²) in [7, 11) is 0. The van der Waals surface area contributed by atoms with Crippen LogP contribution in [0.15, 0.2) is 22.4 Å². The number of rotatable bonds is 6. The van der Waals surface area contributed by atoms with Gasteiger partial charge in [-0.15, -0.1) is 0 Å². The second-order valence-electron chi connectivity index (χ2n) is 11.9. The van der Waals surface area contributed by atoms with Crippen molar-refractivity contribution in [2.24, 2.45) is 15.7 Å². The van der Waals surface area contributed by atoms with Crippen molar-refractivity contribution in [1.82, 2.24) is 9.97 Å². The molecule has 0 amide bonds. The molecule has 0 unspecified atom stereocenters. The van der Waals surface area contributed by atoms with Crippen molar-refractivity contribution >= 4 is 11.4 Å². The Morgan fingerprint density at radius 3 is 1.51 bits per heavy atom. The molecule has 0 N–H and O–H groups in total. The summed E-state index contributed by atoms with van der Waals surface area (Å²) in [6.45, 7) is 1.17. The monoisotopic (exact) mass is 498 g/mol. The van der Waals surface area contributed by atoms with Crippen LogP contribution in [0.2, 0.25) is 0 Å². The van der Waals surface area contributed by atoms with Crippen LogP contribution in [0.3, 0.4) is 0 Å². The molecule has 0 saturated heterocycles. The van der Waals surface area contributed by atoms with Crippen LogP contribution in [-0.2, 0) is 48.2 Å². The van der Waals surface area contributed by atoms with Crippen molar-refractivity contribution < 1.29 is 9.68 Å². The molecule has 2 heterocycles. The zero-order valence-corrected chi connectivity index (χ0v) is 22.0. The van der Waals surface area contributed by atoms with Gasteiger partial charge < -0.3 is 9.68 Å². The van der Waals surface area contributed by atoms with Crippen LogP contribution in [0.25, 0.3) is 0 Å². The largest absolute Gasteiger partial charge is 0.395 e. The smallest absolute Gasteiger partial charge is 0.126 e. The summed E-state index contributed by atoms with van der Waals surface area (Å²) < 4.78 is 0. The van der Waals surface area contributed by atoms with Gasteiger partial charge in [0.2, 0.25) is 0 Å². The minimum Gasteiger partial charge on any atom is -0.395 e. The number of oxime groups is 2. The first-order valence-electron chi connectivity index (χ1n) is 14.7. The summed E-state index contributed by atoms with van der Waals surface area (Å²) in [5, 5.41) is 9.24. The lowest BCUT2D eigenvalue weighted by Crippen LogP contribution is -2.21. The molecule has 0 aromatic carbocycles. The van der Waals surface area contributed by atoms with Crippen LogP contribution >= 0.6 is 0 Å². The first-order valence-corrected chi connectivity index (χ1v) is 14.7. The Labute approximate surface area is 219 Å². The van der Waals surface area contributed by atoms with Gasteiger partial charge in [-0.25, -0.2) is 0 Å². The summed E-state index contributed by atoms with van der Waals surface area (Å²) in [4.78, 5) is 22.0. The highest BCUT2D eigenvalue weighted by molar-refractivity contribution is 6.01. The Morgan fingerprint density at radius 1 is 0.568 bits per heavy atom. The number of pyridine rings is 2. The van der Waals surface area contributed by atoms with Gasteiger partial charge in [0.15, 0.2) is 0 Å². The third-order valence-electron chi connectivity index (χ3n) is 9.07. The normalized spacial score (nSPS) is 23.6. The maximum atomic E-state index is 5.97. The molecule has 6 heteroatoms. The van der Waals surface area contributed by atoms with E-state index in [1.165, 1.54) is 72.2 Å². The Bertz CT molecular complexity index is 1170. The SMILES string of the molecule is c1c2c(nc3c1CCC/C3=N\OCC1(CO/N=C3\CCCc4cc5c(nc43)CCCC5)CC1)CCCC2. The quantitative estimate of drug-likeness (QED) is 0.470. The molecule has 1 saturated carbocycles. The van der Waals surface area contributed by atoms with Gasteiger partial charge in [0.05, 0.1) is 11.4 Å². The van der Waals surface area contributed by atoms with Crippen molar-refractivity contribution in [3.05, 3.63) is 57.2 Å².